The van der Waals surface area contributed by atoms with Gasteiger partial charge >= 0.3 is 11.9 Å². The summed E-state index contributed by atoms with van der Waals surface area (Å²) < 4.78 is 1.17. The van der Waals surface area contributed by atoms with Crippen LogP contribution in [0.4, 0.5) is 0 Å². The fourth-order valence-corrected chi connectivity index (χ4v) is 1.61. The van der Waals surface area contributed by atoms with Crippen LogP contribution < -0.4 is 0 Å². The summed E-state index contributed by atoms with van der Waals surface area (Å²) in [5.74, 6) is -2.26. The molecule has 2 rings (SSSR count). The number of hydrogen-bond donors (Lipinski definition) is 2. The maximum atomic E-state index is 10.9. The van der Waals surface area contributed by atoms with Crippen molar-refractivity contribution >= 4 is 11.9 Å². The first-order valence-electron chi connectivity index (χ1n) is 5.16. The predicted octanol–water partition coefficient (Wildman–Crippen LogP) is 1.33. The van der Waals surface area contributed by atoms with Gasteiger partial charge in [-0.2, -0.15) is 5.10 Å². The highest BCUT2D eigenvalue weighted by molar-refractivity contribution is 5.87. The molecule has 2 N–H and O–H groups in total. The minimum Gasteiger partial charge on any atom is -0.480 e. The molecule has 0 aliphatic heterocycles. The van der Waals surface area contributed by atoms with Crippen molar-refractivity contribution in [1.82, 2.24) is 9.78 Å². The quantitative estimate of drug-likeness (QED) is 0.849. The standard InChI is InChI=1S/C12H10N2O4/c15-11(16)7-14-10(6-9(13-14)12(17)18)8-4-2-1-3-5-8/h1-6H,7H2,(H,15,16)(H,17,18). The third kappa shape index (κ3) is 2.37. The Hall–Kier alpha value is -2.63. The maximum Gasteiger partial charge on any atom is 0.356 e. The number of aromatic carboxylic acids is 1. The number of aromatic nitrogens is 2. The molecule has 6 heteroatoms. The molecule has 0 unspecified atom stereocenters. The molecule has 0 fully saturated rings. The van der Waals surface area contributed by atoms with Crippen LogP contribution >= 0.6 is 0 Å². The Kier molecular flexibility index (Phi) is 3.09. The smallest absolute Gasteiger partial charge is 0.356 e. The number of nitrogens with zero attached hydrogens (tertiary/aromatic N) is 2. The first-order valence-corrected chi connectivity index (χ1v) is 5.16. The van der Waals surface area contributed by atoms with Gasteiger partial charge in [0.1, 0.15) is 6.54 Å². The Morgan fingerprint density at radius 2 is 1.83 bits per heavy atom. The molecule has 0 bridgehead atoms. The van der Waals surface area contributed by atoms with E-state index in [2.05, 4.69) is 5.10 Å². The van der Waals surface area contributed by atoms with Crippen LogP contribution in [-0.2, 0) is 11.3 Å². The van der Waals surface area contributed by atoms with Gasteiger partial charge in [-0.1, -0.05) is 30.3 Å². The van der Waals surface area contributed by atoms with Crippen molar-refractivity contribution in [3.8, 4) is 11.3 Å². The highest BCUT2D eigenvalue weighted by Crippen LogP contribution is 2.20. The molecule has 0 aliphatic rings. The van der Waals surface area contributed by atoms with Gasteiger partial charge in [0.25, 0.3) is 0 Å². The Labute approximate surface area is 102 Å². The Bertz CT molecular complexity index is 589. The summed E-state index contributed by atoms with van der Waals surface area (Å²) >= 11 is 0. The molecule has 92 valence electrons. The predicted molar refractivity (Wildman–Crippen MR) is 62.3 cm³/mol. The molecule has 6 nitrogen and oxygen atoms in total. The molecule has 0 radical (unpaired) electrons. The van der Waals surface area contributed by atoms with Gasteiger partial charge in [0.2, 0.25) is 0 Å². The zero-order chi connectivity index (χ0) is 13.1. The van der Waals surface area contributed by atoms with E-state index in [1.807, 2.05) is 6.07 Å². The molecule has 0 saturated carbocycles. The SMILES string of the molecule is O=C(O)Cn1nc(C(=O)O)cc1-c1ccccc1. The van der Waals surface area contributed by atoms with Crippen LogP contribution in [-0.4, -0.2) is 31.9 Å². The van der Waals surface area contributed by atoms with Crippen molar-refractivity contribution in [2.24, 2.45) is 0 Å². The third-order valence-electron chi connectivity index (χ3n) is 2.35. The van der Waals surface area contributed by atoms with E-state index in [-0.39, 0.29) is 12.2 Å². The average molecular weight is 246 g/mol. The van der Waals surface area contributed by atoms with E-state index in [9.17, 15) is 9.59 Å². The van der Waals surface area contributed by atoms with E-state index in [1.54, 1.807) is 24.3 Å². The summed E-state index contributed by atoms with van der Waals surface area (Å²) in [5.41, 5.74) is 1.02. The molecular formula is C12H10N2O4. The van der Waals surface area contributed by atoms with Crippen LogP contribution in [0.3, 0.4) is 0 Å². The van der Waals surface area contributed by atoms with E-state index >= 15 is 0 Å². The second-order valence-electron chi connectivity index (χ2n) is 3.64. The van der Waals surface area contributed by atoms with Gasteiger partial charge in [0, 0.05) is 0 Å². The van der Waals surface area contributed by atoms with E-state index < -0.39 is 11.9 Å². The summed E-state index contributed by atoms with van der Waals surface area (Å²) in [6.45, 7) is -0.377. The summed E-state index contributed by atoms with van der Waals surface area (Å²) in [5, 5.41) is 21.4. The Morgan fingerprint density at radius 1 is 1.17 bits per heavy atom. The van der Waals surface area contributed by atoms with Crippen molar-refractivity contribution in [3.05, 3.63) is 42.1 Å². The number of carboxylic acids is 2. The fourth-order valence-electron chi connectivity index (χ4n) is 1.61. The van der Waals surface area contributed by atoms with Gasteiger partial charge in [-0.05, 0) is 11.6 Å². The zero-order valence-electron chi connectivity index (χ0n) is 9.28. The van der Waals surface area contributed by atoms with Gasteiger partial charge in [0.15, 0.2) is 5.69 Å². The van der Waals surface area contributed by atoms with Gasteiger partial charge < -0.3 is 10.2 Å². The van der Waals surface area contributed by atoms with E-state index in [4.69, 9.17) is 10.2 Å². The first-order chi connectivity index (χ1) is 8.58. The van der Waals surface area contributed by atoms with Crippen molar-refractivity contribution in [1.29, 1.82) is 0 Å². The molecule has 1 heterocycles. The molecule has 0 aliphatic carbocycles. The largest absolute Gasteiger partial charge is 0.480 e. The van der Waals surface area contributed by atoms with Crippen molar-refractivity contribution in [2.75, 3.05) is 0 Å². The normalized spacial score (nSPS) is 10.2. The van der Waals surface area contributed by atoms with Crippen LogP contribution in [0.2, 0.25) is 0 Å². The molecule has 1 aromatic heterocycles. The number of carbonyl (C=O) groups is 2. The summed E-state index contributed by atoms with van der Waals surface area (Å²) in [6.07, 6.45) is 0. The lowest BCUT2D eigenvalue weighted by Gasteiger charge is -2.03. The number of rotatable bonds is 4. The second kappa shape index (κ2) is 4.70. The number of carboxylic acid groups (broad SMARTS) is 2. The van der Waals surface area contributed by atoms with Crippen LogP contribution in [0.15, 0.2) is 36.4 Å². The summed E-state index contributed by atoms with van der Waals surface area (Å²) in [6, 6.07) is 10.3. The number of benzene rings is 1. The van der Waals surface area contributed by atoms with E-state index in [0.717, 1.165) is 5.56 Å². The van der Waals surface area contributed by atoms with E-state index in [0.29, 0.717) is 5.69 Å². The average Bonchev–Trinajstić information content (AvgIpc) is 2.73. The fraction of sp³-hybridized carbons (Fsp3) is 0.0833. The summed E-state index contributed by atoms with van der Waals surface area (Å²) in [4.78, 5) is 21.6. The monoisotopic (exact) mass is 246 g/mol. The molecule has 1 aromatic carbocycles. The Balaban J connectivity index is 2.50. The molecule has 2 aromatic rings. The lowest BCUT2D eigenvalue weighted by Crippen LogP contribution is -2.12. The molecular weight excluding hydrogens is 236 g/mol. The highest BCUT2D eigenvalue weighted by atomic mass is 16.4. The van der Waals surface area contributed by atoms with E-state index in [1.165, 1.54) is 10.7 Å². The minimum absolute atomic E-state index is 0.171. The van der Waals surface area contributed by atoms with Crippen LogP contribution in [0.1, 0.15) is 10.5 Å². The second-order valence-corrected chi connectivity index (χ2v) is 3.64. The van der Waals surface area contributed by atoms with Crippen molar-refractivity contribution in [3.63, 3.8) is 0 Å². The number of hydrogen-bond acceptors (Lipinski definition) is 3. The molecule has 0 saturated heterocycles. The van der Waals surface area contributed by atoms with Crippen LogP contribution in [0.25, 0.3) is 11.3 Å². The molecule has 0 amide bonds. The number of aliphatic carboxylic acids is 1. The lowest BCUT2D eigenvalue weighted by atomic mass is 10.1. The third-order valence-corrected chi connectivity index (χ3v) is 2.35. The topological polar surface area (TPSA) is 92.4 Å². The van der Waals surface area contributed by atoms with Gasteiger partial charge in [-0.25, -0.2) is 4.79 Å². The van der Waals surface area contributed by atoms with Crippen molar-refractivity contribution in [2.45, 2.75) is 6.54 Å². The molecule has 0 atom stereocenters. The Morgan fingerprint density at radius 3 is 2.39 bits per heavy atom. The summed E-state index contributed by atoms with van der Waals surface area (Å²) in [7, 11) is 0. The van der Waals surface area contributed by atoms with Gasteiger partial charge in [-0.3, -0.25) is 9.48 Å². The van der Waals surface area contributed by atoms with Crippen LogP contribution in [0, 0.1) is 0 Å². The zero-order valence-corrected chi connectivity index (χ0v) is 9.28. The maximum absolute atomic E-state index is 10.9. The first kappa shape index (κ1) is 11.8. The minimum atomic E-state index is -1.18. The lowest BCUT2D eigenvalue weighted by molar-refractivity contribution is -0.137. The van der Waals surface area contributed by atoms with Crippen LogP contribution in [0.5, 0.6) is 0 Å². The van der Waals surface area contributed by atoms with Crippen molar-refractivity contribution < 1.29 is 19.8 Å². The van der Waals surface area contributed by atoms with Gasteiger partial charge in [-0.15, -0.1) is 0 Å². The highest BCUT2D eigenvalue weighted by Gasteiger charge is 2.15. The molecule has 0 spiro atoms. The molecule has 18 heavy (non-hydrogen) atoms. The van der Waals surface area contributed by atoms with Gasteiger partial charge in [0.05, 0.1) is 5.69 Å².